The van der Waals surface area contributed by atoms with Crippen LogP contribution in [0.5, 0.6) is 0 Å². The van der Waals surface area contributed by atoms with Crippen molar-refractivity contribution in [1.82, 2.24) is 5.32 Å². The molecular formula is C14H26N2O. The molecule has 2 N–H and O–H groups in total. The van der Waals surface area contributed by atoms with Gasteiger partial charge in [0.2, 0.25) is 0 Å². The van der Waals surface area contributed by atoms with Crippen molar-refractivity contribution >= 4 is 5.84 Å². The second kappa shape index (κ2) is 5.85. The van der Waals surface area contributed by atoms with Gasteiger partial charge in [-0.15, -0.1) is 0 Å². The zero-order valence-corrected chi connectivity index (χ0v) is 11.0. The predicted molar refractivity (Wildman–Crippen MR) is 71.4 cm³/mol. The summed E-state index contributed by atoms with van der Waals surface area (Å²) >= 11 is 0. The van der Waals surface area contributed by atoms with E-state index in [1.54, 1.807) is 0 Å². The Morgan fingerprint density at radius 2 is 2.24 bits per heavy atom. The standard InChI is InChI=1S/C14H26N2O/c1-12-6-5-8-14(10-12,11-17)16-13-7-3-2-4-9-15-13/h12,17H,2-11H2,1H3,(H,15,16). The lowest BCUT2D eigenvalue weighted by molar-refractivity contribution is 0.116. The first kappa shape index (κ1) is 12.9. The number of hydrogen-bond donors (Lipinski definition) is 2. The fourth-order valence-electron chi connectivity index (χ4n) is 3.24. The first-order valence-electron chi connectivity index (χ1n) is 7.16. The molecule has 2 rings (SSSR count). The first-order chi connectivity index (χ1) is 8.24. The number of nitrogens with zero attached hydrogens (tertiary/aromatic N) is 1. The average molecular weight is 238 g/mol. The number of aliphatic hydroxyl groups excluding tert-OH is 1. The minimum atomic E-state index is -0.0825. The summed E-state index contributed by atoms with van der Waals surface area (Å²) in [5.41, 5.74) is -0.0825. The van der Waals surface area contributed by atoms with Crippen molar-refractivity contribution in [2.75, 3.05) is 13.2 Å². The number of rotatable bonds is 2. The summed E-state index contributed by atoms with van der Waals surface area (Å²) in [6.07, 6.45) is 9.51. The molecule has 2 atom stereocenters. The second-order valence-corrected chi connectivity index (χ2v) is 5.90. The van der Waals surface area contributed by atoms with Gasteiger partial charge in [0.1, 0.15) is 0 Å². The molecule has 0 amide bonds. The summed E-state index contributed by atoms with van der Waals surface area (Å²) in [6.45, 7) is 3.50. The Bertz CT molecular complexity index is 277. The van der Waals surface area contributed by atoms with Gasteiger partial charge in [0, 0.05) is 13.0 Å². The maximum absolute atomic E-state index is 9.74. The number of aliphatic hydroxyl groups is 1. The number of nitrogens with one attached hydrogen (secondary N) is 1. The molecule has 1 aliphatic heterocycles. The van der Waals surface area contributed by atoms with E-state index < -0.39 is 0 Å². The molecule has 3 heteroatoms. The molecular weight excluding hydrogens is 212 g/mol. The van der Waals surface area contributed by atoms with Gasteiger partial charge in [-0.3, -0.25) is 4.99 Å². The molecule has 0 bridgehead atoms. The monoisotopic (exact) mass is 238 g/mol. The Morgan fingerprint density at radius 1 is 1.35 bits per heavy atom. The van der Waals surface area contributed by atoms with Gasteiger partial charge in [0.25, 0.3) is 0 Å². The molecule has 17 heavy (non-hydrogen) atoms. The van der Waals surface area contributed by atoms with Crippen molar-refractivity contribution in [2.45, 2.75) is 63.8 Å². The second-order valence-electron chi connectivity index (χ2n) is 5.90. The fourth-order valence-corrected chi connectivity index (χ4v) is 3.24. The van der Waals surface area contributed by atoms with Crippen molar-refractivity contribution < 1.29 is 5.11 Å². The molecule has 0 radical (unpaired) electrons. The van der Waals surface area contributed by atoms with Gasteiger partial charge >= 0.3 is 0 Å². The van der Waals surface area contributed by atoms with Crippen LogP contribution in [0.4, 0.5) is 0 Å². The zero-order chi connectivity index (χ0) is 12.1. The number of amidine groups is 1. The van der Waals surface area contributed by atoms with Crippen LogP contribution in [0, 0.1) is 5.92 Å². The summed E-state index contributed by atoms with van der Waals surface area (Å²) in [5, 5.41) is 13.3. The number of hydrogen-bond acceptors (Lipinski definition) is 3. The molecule has 1 saturated carbocycles. The highest BCUT2D eigenvalue weighted by Crippen LogP contribution is 2.32. The van der Waals surface area contributed by atoms with Crippen LogP contribution in [0.2, 0.25) is 0 Å². The summed E-state index contributed by atoms with van der Waals surface area (Å²) < 4.78 is 0. The smallest absolute Gasteiger partial charge is 0.0968 e. The lowest BCUT2D eigenvalue weighted by atomic mass is 9.76. The van der Waals surface area contributed by atoms with Crippen LogP contribution in [0.1, 0.15) is 58.3 Å². The third kappa shape index (κ3) is 3.44. The Balaban J connectivity index is 1.99. The van der Waals surface area contributed by atoms with Crippen LogP contribution < -0.4 is 5.32 Å². The van der Waals surface area contributed by atoms with E-state index in [0.29, 0.717) is 0 Å². The van der Waals surface area contributed by atoms with E-state index in [1.165, 1.54) is 32.1 Å². The molecule has 2 unspecified atom stereocenters. The minimum absolute atomic E-state index is 0.0825. The van der Waals surface area contributed by atoms with E-state index >= 15 is 0 Å². The van der Waals surface area contributed by atoms with Gasteiger partial charge < -0.3 is 10.4 Å². The quantitative estimate of drug-likeness (QED) is 0.776. The van der Waals surface area contributed by atoms with Gasteiger partial charge in [0.05, 0.1) is 18.0 Å². The van der Waals surface area contributed by atoms with Gasteiger partial charge in [0.15, 0.2) is 0 Å². The highest BCUT2D eigenvalue weighted by Gasteiger charge is 2.35. The minimum Gasteiger partial charge on any atom is -0.394 e. The highest BCUT2D eigenvalue weighted by atomic mass is 16.3. The van der Waals surface area contributed by atoms with Gasteiger partial charge in [-0.1, -0.05) is 26.2 Å². The summed E-state index contributed by atoms with van der Waals surface area (Å²) in [6, 6.07) is 0. The molecule has 0 saturated heterocycles. The van der Waals surface area contributed by atoms with Crippen LogP contribution in [0.3, 0.4) is 0 Å². The van der Waals surface area contributed by atoms with Gasteiger partial charge in [-0.25, -0.2) is 0 Å². The van der Waals surface area contributed by atoms with E-state index in [0.717, 1.165) is 37.6 Å². The van der Waals surface area contributed by atoms with Crippen LogP contribution in [-0.4, -0.2) is 29.6 Å². The van der Waals surface area contributed by atoms with E-state index in [9.17, 15) is 5.11 Å². The van der Waals surface area contributed by atoms with Crippen molar-refractivity contribution in [3.05, 3.63) is 0 Å². The van der Waals surface area contributed by atoms with E-state index in [2.05, 4.69) is 17.2 Å². The van der Waals surface area contributed by atoms with Crippen molar-refractivity contribution in [2.24, 2.45) is 10.9 Å². The molecule has 0 aromatic heterocycles. The van der Waals surface area contributed by atoms with Crippen LogP contribution in [-0.2, 0) is 0 Å². The third-order valence-corrected chi connectivity index (χ3v) is 4.18. The molecule has 2 aliphatic rings. The topological polar surface area (TPSA) is 44.6 Å². The summed E-state index contributed by atoms with van der Waals surface area (Å²) in [5.74, 6) is 1.86. The molecule has 1 fully saturated rings. The predicted octanol–water partition coefficient (Wildman–Crippen LogP) is 2.49. The SMILES string of the molecule is CC1CCCC(CO)(NC2=NCCCCC2)C1. The maximum Gasteiger partial charge on any atom is 0.0968 e. The highest BCUT2D eigenvalue weighted by molar-refractivity contribution is 5.83. The lowest BCUT2D eigenvalue weighted by Gasteiger charge is -2.40. The van der Waals surface area contributed by atoms with Crippen LogP contribution in [0.15, 0.2) is 4.99 Å². The average Bonchev–Trinajstić information content (AvgIpc) is 2.57. The number of aliphatic imine (C=N–C) groups is 1. The first-order valence-corrected chi connectivity index (χ1v) is 7.16. The Labute approximate surface area is 105 Å². The van der Waals surface area contributed by atoms with Crippen molar-refractivity contribution in [1.29, 1.82) is 0 Å². The van der Waals surface area contributed by atoms with Gasteiger partial charge in [-0.05, 0) is 31.6 Å². The van der Waals surface area contributed by atoms with E-state index in [-0.39, 0.29) is 12.1 Å². The van der Waals surface area contributed by atoms with Gasteiger partial charge in [-0.2, -0.15) is 0 Å². The largest absolute Gasteiger partial charge is 0.394 e. The molecule has 1 heterocycles. The molecule has 98 valence electrons. The summed E-state index contributed by atoms with van der Waals surface area (Å²) in [7, 11) is 0. The zero-order valence-electron chi connectivity index (χ0n) is 11.0. The van der Waals surface area contributed by atoms with Crippen molar-refractivity contribution in [3.8, 4) is 0 Å². The lowest BCUT2D eigenvalue weighted by Crippen LogP contribution is -2.53. The van der Waals surface area contributed by atoms with Crippen LogP contribution in [0.25, 0.3) is 0 Å². The Morgan fingerprint density at radius 3 is 3.00 bits per heavy atom. The molecule has 3 nitrogen and oxygen atoms in total. The fraction of sp³-hybridized carbons (Fsp3) is 0.929. The Hall–Kier alpha value is -0.570. The third-order valence-electron chi connectivity index (χ3n) is 4.18. The molecule has 1 aliphatic carbocycles. The van der Waals surface area contributed by atoms with Crippen molar-refractivity contribution in [3.63, 3.8) is 0 Å². The Kier molecular flexibility index (Phi) is 4.43. The normalized spacial score (nSPS) is 34.9. The maximum atomic E-state index is 9.74. The molecule has 0 spiro atoms. The summed E-state index contributed by atoms with van der Waals surface area (Å²) in [4.78, 5) is 4.63. The molecule has 0 aromatic rings. The van der Waals surface area contributed by atoms with Crippen LogP contribution >= 0.6 is 0 Å². The van der Waals surface area contributed by atoms with E-state index in [4.69, 9.17) is 0 Å². The van der Waals surface area contributed by atoms with E-state index in [1.807, 2.05) is 0 Å². The molecule has 0 aromatic carbocycles.